The molecule has 0 aliphatic heterocycles. The van der Waals surface area contributed by atoms with E-state index < -0.39 is 0 Å². The van der Waals surface area contributed by atoms with E-state index in [9.17, 15) is 0 Å². The first-order chi connectivity index (χ1) is 22.6. The van der Waals surface area contributed by atoms with Gasteiger partial charge in [-0.2, -0.15) is 9.97 Å². The van der Waals surface area contributed by atoms with Gasteiger partial charge in [0, 0.05) is 45.3 Å². The van der Waals surface area contributed by atoms with E-state index in [2.05, 4.69) is 83.0 Å². The lowest BCUT2D eigenvalue weighted by molar-refractivity contribution is 0.661. The van der Waals surface area contributed by atoms with Crippen LogP contribution in [0, 0.1) is 0 Å². The zero-order valence-corrected chi connectivity index (χ0v) is 25.4. The topological polar surface area (TPSA) is 69.4 Å². The molecule has 218 valence electrons. The van der Waals surface area contributed by atoms with Gasteiger partial charge < -0.3 is 0 Å². The van der Waals surface area contributed by atoms with E-state index in [4.69, 9.17) is 15.0 Å². The van der Waals surface area contributed by atoms with E-state index in [1.54, 1.807) is 12.4 Å². The summed E-state index contributed by atoms with van der Waals surface area (Å²) in [6, 6.07) is 41.9. The largest absolute Gasteiger partial charge is 0.278 e. The van der Waals surface area contributed by atoms with Gasteiger partial charge in [0.1, 0.15) is 0 Å². The Morgan fingerprint density at radius 2 is 1.11 bits per heavy atom. The molecule has 0 amide bonds. The number of nitrogens with zero attached hydrogens (tertiary/aromatic N) is 6. The predicted octanol–water partition coefficient (Wildman–Crippen LogP) is 9.07. The number of hydrogen-bond acceptors (Lipinski definition) is 5. The van der Waals surface area contributed by atoms with Crippen LogP contribution in [0.2, 0.25) is 0 Å². The Balaban J connectivity index is 1.30. The summed E-state index contributed by atoms with van der Waals surface area (Å²) in [7, 11) is 0. The van der Waals surface area contributed by atoms with Crippen molar-refractivity contribution in [3.63, 3.8) is 0 Å². The van der Waals surface area contributed by atoms with E-state index in [1.165, 1.54) is 22.3 Å². The number of aromatic nitrogens is 6. The fourth-order valence-electron chi connectivity index (χ4n) is 6.90. The molecule has 9 rings (SSSR count). The highest BCUT2D eigenvalue weighted by atomic mass is 15.2. The highest BCUT2D eigenvalue weighted by Gasteiger charge is 2.37. The van der Waals surface area contributed by atoms with E-state index in [1.807, 2.05) is 66.7 Å². The molecule has 0 fully saturated rings. The van der Waals surface area contributed by atoms with Gasteiger partial charge in [0.15, 0.2) is 17.5 Å². The molecule has 3 heterocycles. The van der Waals surface area contributed by atoms with E-state index in [0.717, 1.165) is 44.3 Å². The smallest absolute Gasteiger partial charge is 0.238 e. The first kappa shape index (κ1) is 26.4. The number of benzene rings is 5. The van der Waals surface area contributed by atoms with Gasteiger partial charge in [-0.1, -0.05) is 105 Å². The summed E-state index contributed by atoms with van der Waals surface area (Å²) in [4.78, 5) is 24.2. The minimum Gasteiger partial charge on any atom is -0.278 e. The average molecular weight is 593 g/mol. The first-order valence-corrected chi connectivity index (χ1v) is 15.4. The van der Waals surface area contributed by atoms with Crippen LogP contribution in [0.3, 0.4) is 0 Å². The molecule has 0 saturated heterocycles. The molecule has 0 bridgehead atoms. The lowest BCUT2D eigenvalue weighted by Crippen LogP contribution is -2.15. The van der Waals surface area contributed by atoms with Crippen LogP contribution in [0.25, 0.3) is 73.0 Å². The SMILES string of the molecule is CC1(C)c2cc(-c3ncccn3)ccc2-c2cc3c4ccccc4n(-c4nc(-c5ccccc5)nc(-c5ccccc5)n4)c3cc21. The van der Waals surface area contributed by atoms with Gasteiger partial charge >= 0.3 is 0 Å². The lowest BCUT2D eigenvalue weighted by atomic mass is 9.81. The monoisotopic (exact) mass is 592 g/mol. The number of rotatable bonds is 4. The standard InChI is InChI=1S/C40H28N6/c1-40(2)32-22-27(36-41-20-11-21-42-36)18-19-28(32)30-23-31-29-16-9-10-17-34(29)46(35(31)24-33(30)40)39-44-37(25-12-5-3-6-13-25)43-38(45-39)26-14-7-4-8-15-26/h3-24H,1-2H3. The summed E-state index contributed by atoms with van der Waals surface area (Å²) in [5.41, 5.74) is 9.83. The summed E-state index contributed by atoms with van der Waals surface area (Å²) in [6.45, 7) is 4.60. The van der Waals surface area contributed by atoms with Gasteiger partial charge in [0.25, 0.3) is 0 Å². The zero-order valence-electron chi connectivity index (χ0n) is 25.4. The lowest BCUT2D eigenvalue weighted by Gasteiger charge is -2.22. The third-order valence-corrected chi connectivity index (χ3v) is 9.18. The van der Waals surface area contributed by atoms with Gasteiger partial charge in [-0.15, -0.1) is 0 Å². The van der Waals surface area contributed by atoms with Crippen LogP contribution in [-0.4, -0.2) is 29.5 Å². The molecule has 1 aliphatic rings. The Bertz CT molecular complexity index is 2370. The van der Waals surface area contributed by atoms with Crippen molar-refractivity contribution in [2.24, 2.45) is 0 Å². The van der Waals surface area contributed by atoms with Crippen molar-refractivity contribution >= 4 is 21.8 Å². The maximum absolute atomic E-state index is 5.11. The van der Waals surface area contributed by atoms with Crippen LogP contribution in [0.15, 0.2) is 134 Å². The summed E-state index contributed by atoms with van der Waals surface area (Å²) in [5.74, 6) is 2.61. The summed E-state index contributed by atoms with van der Waals surface area (Å²) in [6.07, 6.45) is 3.58. The van der Waals surface area contributed by atoms with Crippen molar-refractivity contribution in [1.82, 2.24) is 29.5 Å². The highest BCUT2D eigenvalue weighted by Crippen LogP contribution is 2.51. The van der Waals surface area contributed by atoms with Crippen LogP contribution in [0.5, 0.6) is 0 Å². The minimum atomic E-state index is -0.242. The van der Waals surface area contributed by atoms with Crippen LogP contribution in [-0.2, 0) is 5.41 Å². The Labute approximate surface area is 266 Å². The molecular formula is C40H28N6. The second-order valence-corrected chi connectivity index (χ2v) is 12.2. The second kappa shape index (κ2) is 10.0. The Morgan fingerprint density at radius 3 is 1.80 bits per heavy atom. The highest BCUT2D eigenvalue weighted by molar-refractivity contribution is 6.11. The van der Waals surface area contributed by atoms with Crippen molar-refractivity contribution in [3.8, 4) is 51.2 Å². The fraction of sp³-hybridized carbons (Fsp3) is 0.0750. The van der Waals surface area contributed by atoms with Gasteiger partial charge in [0.05, 0.1) is 11.0 Å². The van der Waals surface area contributed by atoms with Crippen molar-refractivity contribution in [3.05, 3.63) is 145 Å². The maximum atomic E-state index is 5.11. The molecule has 0 spiro atoms. The summed E-state index contributed by atoms with van der Waals surface area (Å²) >= 11 is 0. The molecule has 0 radical (unpaired) electrons. The second-order valence-electron chi connectivity index (χ2n) is 12.2. The molecule has 6 heteroatoms. The Hall–Kier alpha value is -6.01. The van der Waals surface area contributed by atoms with Gasteiger partial charge in [-0.25, -0.2) is 15.0 Å². The first-order valence-electron chi connectivity index (χ1n) is 15.4. The van der Waals surface area contributed by atoms with Gasteiger partial charge in [-0.05, 0) is 52.6 Å². The third-order valence-electron chi connectivity index (χ3n) is 9.18. The molecule has 46 heavy (non-hydrogen) atoms. The van der Waals surface area contributed by atoms with E-state index in [-0.39, 0.29) is 5.41 Å². The Kier molecular flexibility index (Phi) is 5.74. The third kappa shape index (κ3) is 4.00. The molecular weight excluding hydrogens is 564 g/mol. The van der Waals surface area contributed by atoms with Crippen LogP contribution in [0.4, 0.5) is 0 Å². The molecule has 3 aromatic heterocycles. The number of fused-ring (bicyclic) bond motifs is 6. The molecule has 6 nitrogen and oxygen atoms in total. The van der Waals surface area contributed by atoms with Crippen molar-refractivity contribution in [2.75, 3.05) is 0 Å². The molecule has 0 atom stereocenters. The predicted molar refractivity (Wildman–Crippen MR) is 184 cm³/mol. The van der Waals surface area contributed by atoms with E-state index >= 15 is 0 Å². The van der Waals surface area contributed by atoms with Crippen molar-refractivity contribution in [2.45, 2.75) is 19.3 Å². The maximum Gasteiger partial charge on any atom is 0.238 e. The van der Waals surface area contributed by atoms with Gasteiger partial charge in [-0.3, -0.25) is 4.57 Å². The minimum absolute atomic E-state index is 0.242. The van der Waals surface area contributed by atoms with Crippen LogP contribution < -0.4 is 0 Å². The molecule has 0 N–H and O–H groups in total. The van der Waals surface area contributed by atoms with Crippen molar-refractivity contribution < 1.29 is 0 Å². The summed E-state index contributed by atoms with van der Waals surface area (Å²) in [5, 5.41) is 2.32. The fourth-order valence-corrected chi connectivity index (χ4v) is 6.90. The molecule has 8 aromatic rings. The number of hydrogen-bond donors (Lipinski definition) is 0. The number of para-hydroxylation sites is 1. The zero-order chi connectivity index (χ0) is 30.8. The molecule has 1 aliphatic carbocycles. The van der Waals surface area contributed by atoms with E-state index in [0.29, 0.717) is 17.6 Å². The Morgan fingerprint density at radius 1 is 0.478 bits per heavy atom. The van der Waals surface area contributed by atoms with Crippen molar-refractivity contribution in [1.29, 1.82) is 0 Å². The summed E-state index contributed by atoms with van der Waals surface area (Å²) < 4.78 is 2.20. The van der Waals surface area contributed by atoms with Crippen LogP contribution in [0.1, 0.15) is 25.0 Å². The molecule has 5 aromatic carbocycles. The quantitative estimate of drug-likeness (QED) is 0.204. The van der Waals surface area contributed by atoms with Crippen LogP contribution >= 0.6 is 0 Å². The molecule has 0 unspecified atom stereocenters. The average Bonchev–Trinajstić information content (AvgIpc) is 3.56. The molecule has 0 saturated carbocycles. The van der Waals surface area contributed by atoms with Gasteiger partial charge in [0.2, 0.25) is 5.95 Å². The normalized spacial score (nSPS) is 13.2.